The van der Waals surface area contributed by atoms with Crippen LogP contribution >= 0.6 is 11.6 Å². The molecule has 1 saturated carbocycles. The second kappa shape index (κ2) is 7.64. The molecule has 0 amide bonds. The molecule has 1 aliphatic carbocycles. The summed E-state index contributed by atoms with van der Waals surface area (Å²) in [5.74, 6) is -0.546. The number of halogens is 1. The molecule has 0 saturated heterocycles. The minimum Gasteiger partial charge on any atom is -0.465 e. The zero-order chi connectivity index (χ0) is 17.0. The molecule has 0 unspecified atom stereocenters. The number of carbonyl (C=O) groups is 1. The van der Waals surface area contributed by atoms with Crippen LogP contribution in [0, 0.1) is 0 Å². The van der Waals surface area contributed by atoms with E-state index in [1.165, 1.54) is 29.6 Å². The molecular formula is C16H22ClNO4S. The van der Waals surface area contributed by atoms with E-state index in [2.05, 4.69) is 4.74 Å². The third-order valence-electron chi connectivity index (χ3n) is 4.23. The lowest BCUT2D eigenvalue weighted by Gasteiger charge is -2.32. The van der Waals surface area contributed by atoms with Gasteiger partial charge in [-0.3, -0.25) is 0 Å². The summed E-state index contributed by atoms with van der Waals surface area (Å²) < 4.78 is 32.1. The number of benzene rings is 1. The van der Waals surface area contributed by atoms with Crippen LogP contribution in [0.5, 0.6) is 0 Å². The molecule has 0 aromatic heterocycles. The molecule has 1 aromatic rings. The normalized spacial score (nSPS) is 16.5. The molecule has 0 aliphatic heterocycles. The number of hydrogen-bond acceptors (Lipinski definition) is 4. The van der Waals surface area contributed by atoms with E-state index < -0.39 is 16.0 Å². The second-order valence-corrected chi connectivity index (χ2v) is 7.90. The Bertz CT molecular complexity index is 669. The van der Waals surface area contributed by atoms with Crippen molar-refractivity contribution in [2.24, 2.45) is 0 Å². The van der Waals surface area contributed by atoms with Crippen LogP contribution in [0.4, 0.5) is 0 Å². The van der Waals surface area contributed by atoms with Gasteiger partial charge in [0.2, 0.25) is 10.0 Å². The topological polar surface area (TPSA) is 63.7 Å². The van der Waals surface area contributed by atoms with Gasteiger partial charge in [-0.2, -0.15) is 4.31 Å². The van der Waals surface area contributed by atoms with Gasteiger partial charge >= 0.3 is 5.97 Å². The van der Waals surface area contributed by atoms with E-state index in [1.54, 1.807) is 0 Å². The van der Waals surface area contributed by atoms with Gasteiger partial charge in [0.25, 0.3) is 0 Å². The van der Waals surface area contributed by atoms with Crippen LogP contribution < -0.4 is 0 Å². The zero-order valence-corrected chi connectivity index (χ0v) is 15.0. The van der Waals surface area contributed by atoms with E-state index >= 15 is 0 Å². The highest BCUT2D eigenvalue weighted by Gasteiger charge is 2.32. The number of ether oxygens (including phenoxy) is 1. The quantitative estimate of drug-likeness (QED) is 0.755. The average molecular weight is 360 g/mol. The molecular weight excluding hydrogens is 338 g/mol. The minimum atomic E-state index is -3.68. The molecule has 1 aromatic carbocycles. The predicted molar refractivity (Wildman–Crippen MR) is 89.2 cm³/mol. The Morgan fingerprint density at radius 2 is 1.96 bits per heavy atom. The summed E-state index contributed by atoms with van der Waals surface area (Å²) >= 11 is 6.14. The molecule has 128 valence electrons. The summed E-state index contributed by atoms with van der Waals surface area (Å²) in [5, 5.41) is 0.0437. The zero-order valence-electron chi connectivity index (χ0n) is 13.4. The summed E-state index contributed by atoms with van der Waals surface area (Å²) in [5.41, 5.74) is 0.233. The van der Waals surface area contributed by atoms with Crippen LogP contribution in [0.15, 0.2) is 23.1 Å². The fourth-order valence-corrected chi connectivity index (χ4v) is 5.29. The maximum atomic E-state index is 13.0. The van der Waals surface area contributed by atoms with Gasteiger partial charge in [-0.05, 0) is 31.0 Å². The van der Waals surface area contributed by atoms with Crippen molar-refractivity contribution in [3.63, 3.8) is 0 Å². The van der Waals surface area contributed by atoms with Gasteiger partial charge in [-0.1, -0.05) is 37.8 Å². The van der Waals surface area contributed by atoms with Crippen LogP contribution in [0.2, 0.25) is 5.02 Å². The Balaban J connectivity index is 2.35. The Morgan fingerprint density at radius 3 is 2.48 bits per heavy atom. The molecule has 0 atom stereocenters. The first kappa shape index (κ1) is 18.2. The van der Waals surface area contributed by atoms with E-state index in [0.29, 0.717) is 6.54 Å². The minimum absolute atomic E-state index is 0.0232. The highest BCUT2D eigenvalue weighted by Crippen LogP contribution is 2.31. The molecule has 0 radical (unpaired) electrons. The molecule has 7 heteroatoms. The van der Waals surface area contributed by atoms with Crippen molar-refractivity contribution in [3.8, 4) is 0 Å². The van der Waals surface area contributed by atoms with E-state index in [-0.39, 0.29) is 21.5 Å². The first-order valence-corrected chi connectivity index (χ1v) is 9.63. The van der Waals surface area contributed by atoms with Crippen LogP contribution in [0.1, 0.15) is 49.4 Å². The number of esters is 1. The van der Waals surface area contributed by atoms with Crippen molar-refractivity contribution >= 4 is 27.6 Å². The van der Waals surface area contributed by atoms with Gasteiger partial charge in [0.05, 0.1) is 17.7 Å². The Labute approximate surface area is 142 Å². The summed E-state index contributed by atoms with van der Waals surface area (Å²) in [6.45, 7) is 2.24. The van der Waals surface area contributed by atoms with E-state index in [1.807, 2.05) is 6.92 Å². The van der Waals surface area contributed by atoms with Crippen molar-refractivity contribution in [2.75, 3.05) is 13.7 Å². The van der Waals surface area contributed by atoms with Gasteiger partial charge in [-0.25, -0.2) is 13.2 Å². The monoisotopic (exact) mass is 359 g/mol. The first-order chi connectivity index (χ1) is 10.9. The molecule has 1 fully saturated rings. The van der Waals surface area contributed by atoms with Crippen LogP contribution in [0.25, 0.3) is 0 Å². The SMILES string of the molecule is CCN(C1CCCCC1)S(=O)(=O)c1ccc(C(=O)OC)cc1Cl. The fourth-order valence-electron chi connectivity index (χ4n) is 3.07. The van der Waals surface area contributed by atoms with Gasteiger partial charge < -0.3 is 4.74 Å². The van der Waals surface area contributed by atoms with Crippen LogP contribution in [0.3, 0.4) is 0 Å². The van der Waals surface area contributed by atoms with E-state index in [4.69, 9.17) is 11.6 Å². The maximum absolute atomic E-state index is 13.0. The van der Waals surface area contributed by atoms with Gasteiger partial charge in [0.1, 0.15) is 4.90 Å². The number of carbonyl (C=O) groups excluding carboxylic acids is 1. The number of nitrogens with zero attached hydrogens (tertiary/aromatic N) is 1. The lowest BCUT2D eigenvalue weighted by atomic mass is 9.95. The summed E-state index contributed by atoms with van der Waals surface area (Å²) in [6.07, 6.45) is 5.01. The lowest BCUT2D eigenvalue weighted by molar-refractivity contribution is 0.0600. The van der Waals surface area contributed by atoms with E-state index in [0.717, 1.165) is 32.1 Å². The smallest absolute Gasteiger partial charge is 0.337 e. The Kier molecular flexibility index (Phi) is 6.06. The Hall–Kier alpha value is -1.11. The van der Waals surface area contributed by atoms with Gasteiger partial charge in [0, 0.05) is 12.6 Å². The highest BCUT2D eigenvalue weighted by atomic mass is 35.5. The van der Waals surface area contributed by atoms with Crippen molar-refractivity contribution in [1.29, 1.82) is 0 Å². The van der Waals surface area contributed by atoms with Crippen molar-refractivity contribution in [1.82, 2.24) is 4.31 Å². The van der Waals surface area contributed by atoms with Crippen molar-refractivity contribution in [3.05, 3.63) is 28.8 Å². The molecule has 5 nitrogen and oxygen atoms in total. The molecule has 0 heterocycles. The highest BCUT2D eigenvalue weighted by molar-refractivity contribution is 7.89. The van der Waals surface area contributed by atoms with Crippen molar-refractivity contribution < 1.29 is 17.9 Å². The van der Waals surface area contributed by atoms with Crippen LogP contribution in [-0.2, 0) is 14.8 Å². The number of hydrogen-bond donors (Lipinski definition) is 0. The largest absolute Gasteiger partial charge is 0.465 e. The summed E-state index contributed by atoms with van der Waals surface area (Å²) in [7, 11) is -2.41. The number of rotatable bonds is 5. The summed E-state index contributed by atoms with van der Waals surface area (Å²) in [6, 6.07) is 4.18. The average Bonchev–Trinajstić information content (AvgIpc) is 2.55. The predicted octanol–water partition coefficient (Wildman–Crippen LogP) is 3.47. The third-order valence-corrected chi connectivity index (χ3v) is 6.74. The molecule has 1 aliphatic rings. The second-order valence-electron chi connectivity index (χ2n) is 5.64. The Morgan fingerprint density at radius 1 is 1.30 bits per heavy atom. The fraction of sp³-hybridized carbons (Fsp3) is 0.562. The van der Waals surface area contributed by atoms with Gasteiger partial charge in [-0.15, -0.1) is 0 Å². The molecule has 2 rings (SSSR count). The third kappa shape index (κ3) is 3.87. The summed E-state index contributed by atoms with van der Waals surface area (Å²) in [4.78, 5) is 11.6. The standard InChI is InChI=1S/C16H22ClNO4S/c1-3-18(13-7-5-4-6-8-13)23(20,21)15-10-9-12(11-14(15)17)16(19)22-2/h9-11,13H,3-8H2,1-2H3. The molecule has 0 N–H and O–H groups in total. The number of methoxy groups -OCH3 is 1. The maximum Gasteiger partial charge on any atom is 0.337 e. The first-order valence-electron chi connectivity index (χ1n) is 7.81. The van der Waals surface area contributed by atoms with Gasteiger partial charge in [0.15, 0.2) is 0 Å². The molecule has 0 spiro atoms. The lowest BCUT2D eigenvalue weighted by Crippen LogP contribution is -2.41. The number of sulfonamides is 1. The molecule has 0 bridgehead atoms. The van der Waals surface area contributed by atoms with Crippen molar-refractivity contribution in [2.45, 2.75) is 50.0 Å². The van der Waals surface area contributed by atoms with Crippen LogP contribution in [-0.4, -0.2) is 38.4 Å². The molecule has 23 heavy (non-hydrogen) atoms. The van der Waals surface area contributed by atoms with E-state index in [9.17, 15) is 13.2 Å².